The molecule has 148 valence electrons. The van der Waals surface area contributed by atoms with Gasteiger partial charge in [0.2, 0.25) is 5.91 Å². The van der Waals surface area contributed by atoms with Crippen molar-refractivity contribution in [2.75, 3.05) is 10.7 Å². The van der Waals surface area contributed by atoms with Gasteiger partial charge in [0.05, 0.1) is 11.4 Å². The van der Waals surface area contributed by atoms with Crippen LogP contribution in [0.2, 0.25) is 0 Å². The van der Waals surface area contributed by atoms with Gasteiger partial charge in [-0.05, 0) is 37.3 Å². The molecule has 4 aromatic rings. The molecule has 0 fully saturated rings. The average Bonchev–Trinajstić information content (AvgIpc) is 2.80. The van der Waals surface area contributed by atoms with Gasteiger partial charge in [-0.3, -0.25) is 9.69 Å². The molecule has 0 atom stereocenters. The van der Waals surface area contributed by atoms with Crippen molar-refractivity contribution in [1.82, 2.24) is 9.97 Å². The Kier molecular flexibility index (Phi) is 6.20. The maximum Gasteiger partial charge on any atom is 0.242 e. The van der Waals surface area contributed by atoms with Crippen LogP contribution in [0, 0.1) is 6.92 Å². The Morgan fingerprint density at radius 1 is 0.800 bits per heavy atom. The second-order valence-corrected chi connectivity index (χ2v) is 7.67. The highest BCUT2D eigenvalue weighted by Crippen LogP contribution is 2.27. The molecule has 0 unspecified atom stereocenters. The highest BCUT2D eigenvalue weighted by Gasteiger charge is 2.18. The molecule has 1 aromatic heterocycles. The topological polar surface area (TPSA) is 46.1 Å². The van der Waals surface area contributed by atoms with Gasteiger partial charge in [-0.2, -0.15) is 0 Å². The minimum absolute atomic E-state index is 0.0243. The molecule has 0 saturated heterocycles. The first kappa shape index (κ1) is 19.9. The zero-order valence-corrected chi connectivity index (χ0v) is 17.4. The molecule has 1 heterocycles. The molecule has 0 N–H and O–H groups in total. The third-order valence-corrected chi connectivity index (χ3v) is 5.34. The molecule has 1 amide bonds. The highest BCUT2D eigenvalue weighted by molar-refractivity contribution is 7.99. The minimum atomic E-state index is -0.0243. The Balaban J connectivity index is 1.56. The van der Waals surface area contributed by atoms with Crippen molar-refractivity contribution in [3.63, 3.8) is 0 Å². The zero-order valence-electron chi connectivity index (χ0n) is 16.6. The van der Waals surface area contributed by atoms with Crippen LogP contribution in [0.1, 0.15) is 5.69 Å². The van der Waals surface area contributed by atoms with E-state index in [0.29, 0.717) is 5.16 Å². The summed E-state index contributed by atoms with van der Waals surface area (Å²) in [6.45, 7) is 1.94. The van der Waals surface area contributed by atoms with E-state index in [9.17, 15) is 4.79 Å². The second kappa shape index (κ2) is 9.37. The van der Waals surface area contributed by atoms with Crippen LogP contribution in [0.5, 0.6) is 0 Å². The third kappa shape index (κ3) is 4.75. The van der Waals surface area contributed by atoms with Gasteiger partial charge in [-0.15, -0.1) is 0 Å². The smallest absolute Gasteiger partial charge is 0.242 e. The molecule has 0 radical (unpaired) electrons. The van der Waals surface area contributed by atoms with E-state index in [1.54, 1.807) is 4.90 Å². The quantitative estimate of drug-likeness (QED) is 0.292. The number of hydrogen-bond acceptors (Lipinski definition) is 4. The van der Waals surface area contributed by atoms with Crippen LogP contribution in [0.25, 0.3) is 11.3 Å². The predicted molar refractivity (Wildman–Crippen MR) is 123 cm³/mol. The van der Waals surface area contributed by atoms with E-state index in [1.807, 2.05) is 104 Å². The van der Waals surface area contributed by atoms with Gasteiger partial charge in [0.1, 0.15) is 0 Å². The Bertz CT molecular complexity index is 1080. The van der Waals surface area contributed by atoms with E-state index in [1.165, 1.54) is 11.8 Å². The maximum atomic E-state index is 13.2. The fourth-order valence-corrected chi connectivity index (χ4v) is 3.90. The lowest BCUT2D eigenvalue weighted by atomic mass is 10.1. The van der Waals surface area contributed by atoms with E-state index in [4.69, 9.17) is 0 Å². The van der Waals surface area contributed by atoms with Crippen LogP contribution in [0.3, 0.4) is 0 Å². The summed E-state index contributed by atoms with van der Waals surface area (Å²) in [6, 6.07) is 31.3. The monoisotopic (exact) mass is 411 g/mol. The third-order valence-electron chi connectivity index (χ3n) is 4.51. The number of aromatic nitrogens is 2. The van der Waals surface area contributed by atoms with E-state index in [0.717, 1.165) is 28.3 Å². The molecule has 3 aromatic carbocycles. The molecule has 0 aliphatic carbocycles. The van der Waals surface area contributed by atoms with E-state index in [2.05, 4.69) is 9.97 Å². The lowest BCUT2D eigenvalue weighted by Gasteiger charge is -2.22. The number of aryl methyl sites for hydroxylation is 1. The summed E-state index contributed by atoms with van der Waals surface area (Å²) in [5.74, 6) is 0.213. The number of hydrogen-bond donors (Lipinski definition) is 0. The predicted octanol–water partition coefficient (Wildman–Crippen LogP) is 5.91. The van der Waals surface area contributed by atoms with Crippen molar-refractivity contribution in [2.24, 2.45) is 0 Å². The van der Waals surface area contributed by atoms with Crippen molar-refractivity contribution in [3.8, 4) is 11.3 Å². The lowest BCUT2D eigenvalue weighted by molar-refractivity contribution is -0.115. The molecule has 5 heteroatoms. The normalized spacial score (nSPS) is 10.6. The fraction of sp³-hybridized carbons (Fsp3) is 0.0800. The molecule has 0 aliphatic heterocycles. The number of anilines is 2. The molecule has 4 rings (SSSR count). The van der Waals surface area contributed by atoms with Crippen LogP contribution >= 0.6 is 11.8 Å². The maximum absolute atomic E-state index is 13.2. The Morgan fingerprint density at radius 2 is 1.33 bits per heavy atom. The van der Waals surface area contributed by atoms with Crippen molar-refractivity contribution >= 4 is 29.0 Å². The number of benzene rings is 3. The molecule has 30 heavy (non-hydrogen) atoms. The first-order chi connectivity index (χ1) is 14.7. The van der Waals surface area contributed by atoms with Crippen LogP contribution in [0.15, 0.2) is 102 Å². The molecule has 0 aliphatic rings. The summed E-state index contributed by atoms with van der Waals surface area (Å²) in [7, 11) is 0. The molecular formula is C25H21N3OS. The molecule has 0 bridgehead atoms. The van der Waals surface area contributed by atoms with Gasteiger partial charge in [-0.25, -0.2) is 9.97 Å². The van der Waals surface area contributed by atoms with E-state index >= 15 is 0 Å². The SMILES string of the molecule is Cc1cc(-c2ccccc2)nc(SCC(=O)N(c2ccccc2)c2ccccc2)n1. The molecule has 0 spiro atoms. The standard InChI is InChI=1S/C25H21N3OS/c1-19-17-23(20-11-5-2-6-12-20)27-25(26-19)30-18-24(29)28(21-13-7-3-8-14-21)22-15-9-4-10-16-22/h2-17H,18H2,1H3. The highest BCUT2D eigenvalue weighted by atomic mass is 32.2. The summed E-state index contributed by atoms with van der Waals surface area (Å²) < 4.78 is 0. The summed E-state index contributed by atoms with van der Waals surface area (Å²) in [5.41, 5.74) is 4.45. The first-order valence-electron chi connectivity index (χ1n) is 9.68. The Hall–Kier alpha value is -3.44. The number of thioether (sulfide) groups is 1. The van der Waals surface area contributed by atoms with Crippen molar-refractivity contribution in [1.29, 1.82) is 0 Å². The van der Waals surface area contributed by atoms with E-state index in [-0.39, 0.29) is 11.7 Å². The summed E-state index contributed by atoms with van der Waals surface area (Å²) in [5, 5.41) is 0.600. The van der Waals surface area contributed by atoms with Gasteiger partial charge in [-0.1, -0.05) is 78.5 Å². The molecular weight excluding hydrogens is 390 g/mol. The summed E-state index contributed by atoms with van der Waals surface area (Å²) in [6.07, 6.45) is 0. The lowest BCUT2D eigenvalue weighted by Crippen LogP contribution is -2.27. The second-order valence-electron chi connectivity index (χ2n) is 6.73. The van der Waals surface area contributed by atoms with Gasteiger partial charge in [0, 0.05) is 22.6 Å². The van der Waals surface area contributed by atoms with Crippen molar-refractivity contribution in [3.05, 3.63) is 103 Å². The molecule has 4 nitrogen and oxygen atoms in total. The Labute approximate surface area is 180 Å². The molecule has 0 saturated carbocycles. The van der Waals surface area contributed by atoms with Gasteiger partial charge in [0.15, 0.2) is 5.16 Å². The number of carbonyl (C=O) groups is 1. The number of nitrogens with zero attached hydrogens (tertiary/aromatic N) is 3. The number of rotatable bonds is 6. The average molecular weight is 412 g/mol. The largest absolute Gasteiger partial charge is 0.280 e. The van der Waals surface area contributed by atoms with Crippen LogP contribution in [-0.2, 0) is 4.79 Å². The van der Waals surface area contributed by atoms with Gasteiger partial charge >= 0.3 is 0 Å². The summed E-state index contributed by atoms with van der Waals surface area (Å²) >= 11 is 1.36. The van der Waals surface area contributed by atoms with E-state index < -0.39 is 0 Å². The van der Waals surface area contributed by atoms with Gasteiger partial charge < -0.3 is 0 Å². The fourth-order valence-electron chi connectivity index (χ4n) is 3.14. The van der Waals surface area contributed by atoms with Crippen molar-refractivity contribution in [2.45, 2.75) is 12.1 Å². The zero-order chi connectivity index (χ0) is 20.8. The van der Waals surface area contributed by atoms with Crippen molar-refractivity contribution < 1.29 is 4.79 Å². The Morgan fingerprint density at radius 3 is 1.90 bits per heavy atom. The van der Waals surface area contributed by atoms with Gasteiger partial charge in [0.25, 0.3) is 0 Å². The number of para-hydroxylation sites is 2. The number of amides is 1. The van der Waals surface area contributed by atoms with Crippen LogP contribution < -0.4 is 4.90 Å². The first-order valence-corrected chi connectivity index (χ1v) is 10.7. The number of carbonyl (C=O) groups excluding carboxylic acids is 1. The minimum Gasteiger partial charge on any atom is -0.280 e. The van der Waals surface area contributed by atoms with Crippen LogP contribution in [0.4, 0.5) is 11.4 Å². The summed E-state index contributed by atoms with van der Waals surface area (Å²) in [4.78, 5) is 24.1. The van der Waals surface area contributed by atoms with Crippen LogP contribution in [-0.4, -0.2) is 21.6 Å².